The number of hydrogen-bond acceptors (Lipinski definition) is 0. The van der Waals surface area contributed by atoms with Crippen molar-refractivity contribution in [1.82, 2.24) is 0 Å². The number of alkyl halides is 1. The molecule has 3 aromatic carbocycles. The Bertz CT molecular complexity index is 683. The van der Waals surface area contributed by atoms with E-state index < -0.39 is 6.17 Å². The minimum atomic E-state index is -0.983. The van der Waals surface area contributed by atoms with Crippen LogP contribution in [0.15, 0.2) is 91.0 Å². The molecule has 2 heteroatoms. The second-order valence-corrected chi connectivity index (χ2v) is 7.62. The topological polar surface area (TPSA) is 0 Å². The van der Waals surface area contributed by atoms with Crippen LogP contribution in [0.5, 0.6) is 0 Å². The van der Waals surface area contributed by atoms with E-state index in [1.54, 1.807) is 0 Å². The normalized spacial score (nSPS) is 13.5. The monoisotopic (exact) mass is 356 g/mol. The molecule has 3 rings (SSSR count). The van der Waals surface area contributed by atoms with Crippen molar-refractivity contribution in [3.63, 3.8) is 0 Å². The first-order chi connectivity index (χ1) is 10.8. The van der Waals surface area contributed by atoms with Crippen LogP contribution in [-0.2, 0) is 0 Å². The summed E-state index contributed by atoms with van der Waals surface area (Å²) in [6.07, 6.45) is -0.983. The van der Waals surface area contributed by atoms with E-state index in [-0.39, 0.29) is 19.8 Å². The molecule has 0 saturated heterocycles. The summed E-state index contributed by atoms with van der Waals surface area (Å²) in [7, 11) is 0. The summed E-state index contributed by atoms with van der Waals surface area (Å²) < 4.78 is 16.4. The zero-order valence-corrected chi connectivity index (χ0v) is 13.8. The molecule has 0 bridgehead atoms. The van der Waals surface area contributed by atoms with Crippen LogP contribution >= 0.6 is 0 Å². The molecule has 2 atom stereocenters. The van der Waals surface area contributed by atoms with Crippen molar-refractivity contribution in [3.8, 4) is 0 Å². The van der Waals surface area contributed by atoms with Crippen LogP contribution in [0.4, 0.5) is 4.39 Å². The van der Waals surface area contributed by atoms with E-state index in [4.69, 9.17) is 0 Å². The Morgan fingerprint density at radius 1 is 0.591 bits per heavy atom. The quantitative estimate of drug-likeness (QED) is 0.593. The molecular weight excluding hydrogens is 338 g/mol. The molecular formula is C20H17FSe. The third-order valence-electron chi connectivity index (χ3n) is 3.52. The summed E-state index contributed by atoms with van der Waals surface area (Å²) in [6, 6.07) is 29.7. The maximum absolute atomic E-state index is 15.2. The molecule has 22 heavy (non-hydrogen) atoms. The van der Waals surface area contributed by atoms with Gasteiger partial charge in [-0.1, -0.05) is 0 Å². The van der Waals surface area contributed by atoms with Gasteiger partial charge in [-0.2, -0.15) is 0 Å². The zero-order chi connectivity index (χ0) is 15.2. The van der Waals surface area contributed by atoms with Gasteiger partial charge in [0.05, 0.1) is 0 Å². The molecule has 0 saturated carbocycles. The number of hydrogen-bond donors (Lipinski definition) is 0. The van der Waals surface area contributed by atoms with Crippen molar-refractivity contribution in [1.29, 1.82) is 0 Å². The number of rotatable bonds is 5. The van der Waals surface area contributed by atoms with E-state index >= 15 is 4.39 Å². The molecule has 0 heterocycles. The van der Waals surface area contributed by atoms with Crippen LogP contribution in [0.3, 0.4) is 0 Å². The van der Waals surface area contributed by atoms with Crippen LogP contribution in [0, 0.1) is 0 Å². The molecule has 0 N–H and O–H groups in total. The predicted molar refractivity (Wildman–Crippen MR) is 91.3 cm³/mol. The fraction of sp³-hybridized carbons (Fsp3) is 0.100. The predicted octanol–water partition coefficient (Wildman–Crippen LogP) is 4.47. The summed E-state index contributed by atoms with van der Waals surface area (Å²) >= 11 is 0.0396. The van der Waals surface area contributed by atoms with E-state index in [2.05, 4.69) is 12.1 Å². The average molecular weight is 355 g/mol. The van der Waals surface area contributed by atoms with E-state index in [1.165, 1.54) is 4.46 Å². The fourth-order valence-corrected chi connectivity index (χ4v) is 4.87. The molecule has 0 amide bonds. The number of benzene rings is 3. The first-order valence-electron chi connectivity index (χ1n) is 7.30. The van der Waals surface area contributed by atoms with E-state index in [0.29, 0.717) is 0 Å². The number of halogens is 1. The molecule has 0 aliphatic heterocycles. The van der Waals surface area contributed by atoms with Crippen molar-refractivity contribution >= 4 is 19.4 Å². The van der Waals surface area contributed by atoms with Crippen molar-refractivity contribution in [2.75, 3.05) is 0 Å². The van der Waals surface area contributed by atoms with Gasteiger partial charge < -0.3 is 0 Å². The Labute approximate surface area is 137 Å². The van der Waals surface area contributed by atoms with Crippen LogP contribution in [0.2, 0.25) is 0 Å². The molecule has 110 valence electrons. The van der Waals surface area contributed by atoms with Gasteiger partial charge in [0.1, 0.15) is 0 Å². The second kappa shape index (κ2) is 7.40. The van der Waals surface area contributed by atoms with Crippen LogP contribution < -0.4 is 4.46 Å². The van der Waals surface area contributed by atoms with Gasteiger partial charge in [0.25, 0.3) is 0 Å². The van der Waals surface area contributed by atoms with Crippen LogP contribution in [-0.4, -0.2) is 15.0 Å². The molecule has 0 radical (unpaired) electrons. The van der Waals surface area contributed by atoms with Gasteiger partial charge in [-0.3, -0.25) is 0 Å². The average Bonchev–Trinajstić information content (AvgIpc) is 2.61. The summed E-state index contributed by atoms with van der Waals surface area (Å²) in [5.74, 6) is 0. The summed E-state index contributed by atoms with van der Waals surface area (Å²) in [6.45, 7) is 0. The molecule has 3 aromatic rings. The molecule has 0 aromatic heterocycles. The molecule has 0 fully saturated rings. The summed E-state index contributed by atoms with van der Waals surface area (Å²) in [4.78, 5) is -0.113. The Morgan fingerprint density at radius 3 is 1.59 bits per heavy atom. The van der Waals surface area contributed by atoms with E-state index in [9.17, 15) is 0 Å². The molecule has 0 unspecified atom stereocenters. The minimum absolute atomic E-state index is 0.0396. The summed E-state index contributed by atoms with van der Waals surface area (Å²) in [5, 5.41) is 0. The Morgan fingerprint density at radius 2 is 1.05 bits per heavy atom. The van der Waals surface area contributed by atoms with Crippen molar-refractivity contribution in [2.45, 2.75) is 11.0 Å². The molecule has 0 nitrogen and oxygen atoms in total. The van der Waals surface area contributed by atoms with E-state index in [1.807, 2.05) is 78.9 Å². The third-order valence-corrected chi connectivity index (χ3v) is 6.27. The summed E-state index contributed by atoms with van der Waals surface area (Å²) in [5.41, 5.74) is 1.83. The van der Waals surface area contributed by atoms with Crippen molar-refractivity contribution < 1.29 is 4.39 Å². The fourth-order valence-electron chi connectivity index (χ4n) is 2.40. The third kappa shape index (κ3) is 3.65. The Hall–Kier alpha value is -1.89. The standard InChI is InChI=1S/C20H17FSe/c21-19(16-10-4-1-5-11-16)20(17-12-6-2-7-13-17)22-18-14-8-3-9-15-18/h1-15,19-20H/t19-,20-/m0/s1. The molecule has 0 aliphatic rings. The second-order valence-electron chi connectivity index (χ2n) is 5.07. The van der Waals surface area contributed by atoms with Crippen molar-refractivity contribution in [2.24, 2.45) is 0 Å². The van der Waals surface area contributed by atoms with Gasteiger partial charge in [-0.05, 0) is 0 Å². The van der Waals surface area contributed by atoms with Gasteiger partial charge in [0, 0.05) is 0 Å². The van der Waals surface area contributed by atoms with Gasteiger partial charge in [0.2, 0.25) is 0 Å². The first kappa shape index (κ1) is 15.0. The zero-order valence-electron chi connectivity index (χ0n) is 12.1. The Balaban J connectivity index is 1.93. The van der Waals surface area contributed by atoms with Crippen molar-refractivity contribution in [3.05, 3.63) is 102 Å². The molecule has 0 spiro atoms. The maximum atomic E-state index is 15.2. The Kier molecular flexibility index (Phi) is 5.05. The van der Waals surface area contributed by atoms with Gasteiger partial charge >= 0.3 is 137 Å². The van der Waals surface area contributed by atoms with Gasteiger partial charge in [0.15, 0.2) is 0 Å². The van der Waals surface area contributed by atoms with Gasteiger partial charge in [-0.15, -0.1) is 0 Å². The van der Waals surface area contributed by atoms with E-state index in [0.717, 1.165) is 11.1 Å². The van der Waals surface area contributed by atoms with Crippen LogP contribution in [0.25, 0.3) is 0 Å². The molecule has 0 aliphatic carbocycles. The SMILES string of the molecule is F[C@@H](c1ccccc1)[C@@H]([Se]c1ccccc1)c1ccccc1. The van der Waals surface area contributed by atoms with Gasteiger partial charge in [-0.25, -0.2) is 0 Å². The van der Waals surface area contributed by atoms with Crippen LogP contribution in [0.1, 0.15) is 22.1 Å². The first-order valence-corrected chi connectivity index (χ1v) is 9.15.